The molecule has 0 radical (unpaired) electrons. The van der Waals surface area contributed by atoms with Crippen LogP contribution in [-0.2, 0) is 13.1 Å². The molecule has 2 rings (SSSR count). The van der Waals surface area contributed by atoms with Gasteiger partial charge in [0.1, 0.15) is 5.82 Å². The Bertz CT molecular complexity index is 638. The van der Waals surface area contributed by atoms with Crippen molar-refractivity contribution in [2.24, 2.45) is 0 Å². The molecule has 0 fully saturated rings. The van der Waals surface area contributed by atoms with Crippen LogP contribution in [0.5, 0.6) is 0 Å². The molecule has 110 valence electrons. The van der Waals surface area contributed by atoms with Gasteiger partial charge in [-0.15, -0.1) is 0 Å². The van der Waals surface area contributed by atoms with Crippen LogP contribution in [0.4, 0.5) is 4.39 Å². The maximum Gasteiger partial charge on any atom is 0.336 e. The smallest absolute Gasteiger partial charge is 0.336 e. The molecule has 0 saturated heterocycles. The number of rotatable bonds is 5. The zero-order valence-electron chi connectivity index (χ0n) is 12.1. The standard InChI is InChI=1S/C17H18FNO2/c1-12-3-5-13(6-4-12)10-19(2)11-14-7-8-15(18)9-16(14)17(20)21/h3-9H,10-11H2,1-2H3,(H,20,21). The van der Waals surface area contributed by atoms with Crippen molar-refractivity contribution < 1.29 is 14.3 Å². The first-order valence-electron chi connectivity index (χ1n) is 6.71. The molecule has 21 heavy (non-hydrogen) atoms. The Balaban J connectivity index is 2.10. The second kappa shape index (κ2) is 6.50. The average Bonchev–Trinajstić information content (AvgIpc) is 2.43. The van der Waals surface area contributed by atoms with Gasteiger partial charge in [-0.2, -0.15) is 0 Å². The minimum absolute atomic E-state index is 0.0192. The van der Waals surface area contributed by atoms with E-state index in [-0.39, 0.29) is 5.56 Å². The maximum atomic E-state index is 13.2. The van der Waals surface area contributed by atoms with E-state index in [0.29, 0.717) is 18.7 Å². The molecule has 0 saturated carbocycles. The minimum Gasteiger partial charge on any atom is -0.478 e. The molecule has 2 aromatic rings. The van der Waals surface area contributed by atoms with Crippen LogP contribution in [0.1, 0.15) is 27.0 Å². The molecule has 1 N–H and O–H groups in total. The van der Waals surface area contributed by atoms with Crippen LogP contribution in [0.2, 0.25) is 0 Å². The van der Waals surface area contributed by atoms with Crippen LogP contribution in [0.15, 0.2) is 42.5 Å². The Kier molecular flexibility index (Phi) is 4.70. The lowest BCUT2D eigenvalue weighted by atomic mass is 10.1. The molecule has 3 nitrogen and oxygen atoms in total. The van der Waals surface area contributed by atoms with E-state index in [0.717, 1.165) is 11.6 Å². The second-order valence-electron chi connectivity index (χ2n) is 5.26. The van der Waals surface area contributed by atoms with Gasteiger partial charge in [0, 0.05) is 13.1 Å². The van der Waals surface area contributed by atoms with Crippen molar-refractivity contribution in [3.05, 3.63) is 70.5 Å². The van der Waals surface area contributed by atoms with Crippen molar-refractivity contribution in [3.8, 4) is 0 Å². The van der Waals surface area contributed by atoms with Crippen molar-refractivity contribution in [2.75, 3.05) is 7.05 Å². The molecule has 4 heteroatoms. The van der Waals surface area contributed by atoms with Gasteiger partial charge in [0.25, 0.3) is 0 Å². The van der Waals surface area contributed by atoms with Gasteiger partial charge >= 0.3 is 5.97 Å². The summed E-state index contributed by atoms with van der Waals surface area (Å²) in [5.74, 6) is -1.63. The molecule has 0 aliphatic carbocycles. The molecule has 0 unspecified atom stereocenters. The Morgan fingerprint density at radius 1 is 1.14 bits per heavy atom. The van der Waals surface area contributed by atoms with E-state index in [1.807, 2.05) is 31.0 Å². The van der Waals surface area contributed by atoms with Gasteiger partial charge in [-0.3, -0.25) is 4.90 Å². The Hall–Kier alpha value is -2.20. The number of carboxylic acid groups (broad SMARTS) is 1. The maximum absolute atomic E-state index is 13.2. The van der Waals surface area contributed by atoms with Gasteiger partial charge in [0.05, 0.1) is 5.56 Å². The van der Waals surface area contributed by atoms with Crippen LogP contribution in [0, 0.1) is 12.7 Å². The summed E-state index contributed by atoms with van der Waals surface area (Å²) >= 11 is 0. The second-order valence-corrected chi connectivity index (χ2v) is 5.26. The molecule has 0 atom stereocenters. The van der Waals surface area contributed by atoms with Gasteiger partial charge in [-0.1, -0.05) is 35.9 Å². The first-order chi connectivity index (χ1) is 9.95. The topological polar surface area (TPSA) is 40.5 Å². The minimum atomic E-state index is -1.10. The molecule has 0 spiro atoms. The summed E-state index contributed by atoms with van der Waals surface area (Å²) in [5.41, 5.74) is 2.99. The zero-order chi connectivity index (χ0) is 15.4. The average molecular weight is 287 g/mol. The number of hydrogen-bond acceptors (Lipinski definition) is 2. The summed E-state index contributed by atoms with van der Waals surface area (Å²) in [6, 6.07) is 12.1. The van der Waals surface area contributed by atoms with E-state index in [1.165, 1.54) is 17.7 Å². The van der Waals surface area contributed by atoms with Crippen LogP contribution < -0.4 is 0 Å². The fourth-order valence-electron chi connectivity index (χ4n) is 2.24. The molecule has 0 bridgehead atoms. The van der Waals surface area contributed by atoms with Gasteiger partial charge in [-0.05, 0) is 37.2 Å². The van der Waals surface area contributed by atoms with Gasteiger partial charge in [-0.25, -0.2) is 9.18 Å². The first kappa shape index (κ1) is 15.2. The van der Waals surface area contributed by atoms with Gasteiger partial charge in [0.15, 0.2) is 0 Å². The number of carboxylic acids is 1. The predicted molar refractivity (Wildman–Crippen MR) is 79.7 cm³/mol. The van der Waals surface area contributed by atoms with Crippen molar-refractivity contribution >= 4 is 5.97 Å². The van der Waals surface area contributed by atoms with Crippen molar-refractivity contribution in [1.29, 1.82) is 0 Å². The lowest BCUT2D eigenvalue weighted by molar-refractivity contribution is 0.0694. The lowest BCUT2D eigenvalue weighted by Crippen LogP contribution is -2.19. The summed E-state index contributed by atoms with van der Waals surface area (Å²) in [5, 5.41) is 9.14. The summed E-state index contributed by atoms with van der Waals surface area (Å²) < 4.78 is 13.2. The molecular weight excluding hydrogens is 269 g/mol. The third-order valence-electron chi connectivity index (χ3n) is 3.32. The van der Waals surface area contributed by atoms with Crippen molar-refractivity contribution in [2.45, 2.75) is 20.0 Å². The van der Waals surface area contributed by atoms with Crippen LogP contribution in [0.25, 0.3) is 0 Å². The monoisotopic (exact) mass is 287 g/mol. The van der Waals surface area contributed by atoms with Crippen molar-refractivity contribution in [1.82, 2.24) is 4.90 Å². The molecule has 0 amide bonds. The number of nitrogens with zero attached hydrogens (tertiary/aromatic N) is 1. The molecule has 0 aliphatic heterocycles. The highest BCUT2D eigenvalue weighted by Gasteiger charge is 2.13. The molecular formula is C17H18FNO2. The number of hydrogen-bond donors (Lipinski definition) is 1. The lowest BCUT2D eigenvalue weighted by Gasteiger charge is -2.18. The number of aryl methyl sites for hydroxylation is 1. The Morgan fingerprint density at radius 2 is 1.81 bits per heavy atom. The third-order valence-corrected chi connectivity index (χ3v) is 3.32. The van der Waals surface area contributed by atoms with Gasteiger partial charge in [0.2, 0.25) is 0 Å². The van der Waals surface area contributed by atoms with E-state index in [2.05, 4.69) is 12.1 Å². The summed E-state index contributed by atoms with van der Waals surface area (Å²) in [6.45, 7) is 3.19. The van der Waals surface area contributed by atoms with E-state index in [1.54, 1.807) is 0 Å². The van der Waals surface area contributed by atoms with Crippen LogP contribution in [0.3, 0.4) is 0 Å². The van der Waals surface area contributed by atoms with E-state index in [4.69, 9.17) is 5.11 Å². The highest BCUT2D eigenvalue weighted by Crippen LogP contribution is 2.15. The van der Waals surface area contributed by atoms with Gasteiger partial charge < -0.3 is 5.11 Å². The SMILES string of the molecule is Cc1ccc(CN(C)Cc2ccc(F)cc2C(=O)O)cc1. The van der Waals surface area contributed by atoms with Crippen LogP contribution >= 0.6 is 0 Å². The molecule has 2 aromatic carbocycles. The molecule has 0 aromatic heterocycles. The summed E-state index contributed by atoms with van der Waals surface area (Å²) in [6.07, 6.45) is 0. The third kappa shape index (κ3) is 4.13. The van der Waals surface area contributed by atoms with E-state index >= 15 is 0 Å². The highest BCUT2D eigenvalue weighted by atomic mass is 19.1. The fraction of sp³-hybridized carbons (Fsp3) is 0.235. The summed E-state index contributed by atoms with van der Waals surface area (Å²) in [7, 11) is 1.91. The quantitative estimate of drug-likeness (QED) is 0.915. The first-order valence-corrected chi connectivity index (χ1v) is 6.71. The zero-order valence-corrected chi connectivity index (χ0v) is 12.1. The fourth-order valence-corrected chi connectivity index (χ4v) is 2.24. The Labute approximate surface area is 123 Å². The number of aromatic carboxylic acids is 1. The summed E-state index contributed by atoms with van der Waals surface area (Å²) in [4.78, 5) is 13.2. The molecule has 0 aliphatic rings. The normalized spacial score (nSPS) is 10.9. The van der Waals surface area contributed by atoms with Crippen LogP contribution in [-0.4, -0.2) is 23.0 Å². The number of halogens is 1. The van der Waals surface area contributed by atoms with E-state index < -0.39 is 11.8 Å². The predicted octanol–water partition coefficient (Wildman–Crippen LogP) is 3.46. The highest BCUT2D eigenvalue weighted by molar-refractivity contribution is 5.89. The van der Waals surface area contributed by atoms with Crippen molar-refractivity contribution in [3.63, 3.8) is 0 Å². The number of benzene rings is 2. The molecule has 0 heterocycles. The van der Waals surface area contributed by atoms with E-state index in [9.17, 15) is 9.18 Å². The number of carbonyl (C=O) groups is 1. The largest absolute Gasteiger partial charge is 0.478 e. The Morgan fingerprint density at radius 3 is 2.43 bits per heavy atom.